The average molecular weight is 248 g/mol. The van der Waals surface area contributed by atoms with Gasteiger partial charge in [-0.2, -0.15) is 0 Å². The molecule has 0 aliphatic carbocycles. The van der Waals surface area contributed by atoms with Crippen LogP contribution < -0.4 is 0 Å². The number of allylic oxidation sites excluding steroid dienone is 3. The van der Waals surface area contributed by atoms with Gasteiger partial charge < -0.3 is 0 Å². The zero-order valence-corrected chi connectivity index (χ0v) is 11.9. The third-order valence-electron chi connectivity index (χ3n) is 3.65. The first-order valence-electron chi connectivity index (χ1n) is 6.60. The molecule has 96 valence electrons. The van der Waals surface area contributed by atoms with E-state index in [4.69, 9.17) is 0 Å². The highest BCUT2D eigenvalue weighted by Crippen LogP contribution is 2.28. The summed E-state index contributed by atoms with van der Waals surface area (Å²) in [7, 11) is 0. The third kappa shape index (κ3) is 2.85. The van der Waals surface area contributed by atoms with E-state index < -0.39 is 0 Å². The smallest absolute Gasteiger partial charge is 0.0178 e. The molecule has 0 aliphatic heterocycles. The highest BCUT2D eigenvalue weighted by molar-refractivity contribution is 5.76. The minimum atomic E-state index is 1.23. The zero-order chi connectivity index (χ0) is 13.8. The number of benzene rings is 2. The molecule has 2 rings (SSSR count). The Morgan fingerprint density at radius 1 is 0.947 bits per heavy atom. The molecule has 0 heteroatoms. The Bertz CT molecular complexity index is 616. The fraction of sp³-hybridized carbons (Fsp3) is 0.158. The minimum absolute atomic E-state index is 1.23. The molecule has 0 N–H and O–H groups in total. The van der Waals surface area contributed by atoms with Crippen LogP contribution in [0.1, 0.15) is 25.0 Å². The summed E-state index contributed by atoms with van der Waals surface area (Å²) in [5, 5.41) is 0. The van der Waals surface area contributed by atoms with Crippen LogP contribution in [-0.4, -0.2) is 0 Å². The molecular weight excluding hydrogens is 228 g/mol. The Morgan fingerprint density at radius 3 is 2.26 bits per heavy atom. The number of aryl methyl sites for hydroxylation is 1. The van der Waals surface area contributed by atoms with Crippen LogP contribution in [0.25, 0.3) is 16.7 Å². The zero-order valence-electron chi connectivity index (χ0n) is 11.9. The van der Waals surface area contributed by atoms with Gasteiger partial charge in [0.1, 0.15) is 0 Å². The summed E-state index contributed by atoms with van der Waals surface area (Å²) in [6.45, 7) is 10.3. The van der Waals surface area contributed by atoms with Crippen molar-refractivity contribution in [2.45, 2.75) is 20.8 Å². The van der Waals surface area contributed by atoms with E-state index >= 15 is 0 Å². The molecule has 0 heterocycles. The molecule has 0 amide bonds. The highest BCUT2D eigenvalue weighted by atomic mass is 14.1. The summed E-state index contributed by atoms with van der Waals surface area (Å²) in [5.74, 6) is 0. The molecule has 0 fully saturated rings. The molecule has 0 saturated carbocycles. The van der Waals surface area contributed by atoms with Gasteiger partial charge in [0.15, 0.2) is 0 Å². The molecule has 0 aromatic heterocycles. The predicted octanol–water partition coefficient (Wildman–Crippen LogP) is 5.64. The van der Waals surface area contributed by atoms with E-state index in [1.54, 1.807) is 0 Å². The molecule has 0 unspecified atom stereocenters. The average Bonchev–Trinajstić information content (AvgIpc) is 2.47. The van der Waals surface area contributed by atoms with Gasteiger partial charge in [0.25, 0.3) is 0 Å². The maximum atomic E-state index is 3.86. The van der Waals surface area contributed by atoms with Gasteiger partial charge in [0, 0.05) is 0 Å². The minimum Gasteiger partial charge on any atom is -0.0988 e. The lowest BCUT2D eigenvalue weighted by atomic mass is 9.93. The molecule has 0 radical (unpaired) electrons. The van der Waals surface area contributed by atoms with Crippen molar-refractivity contribution in [1.29, 1.82) is 0 Å². The largest absolute Gasteiger partial charge is 0.0988 e. The lowest BCUT2D eigenvalue weighted by molar-refractivity contribution is 1.38. The summed E-state index contributed by atoms with van der Waals surface area (Å²) in [6, 6.07) is 17.1. The SMILES string of the molecule is C=C/C(C)=C(\C)c1cc(-c2ccccc2)ccc1C. The molecule has 2 aromatic rings. The second kappa shape index (κ2) is 5.71. The van der Waals surface area contributed by atoms with Gasteiger partial charge in [0.2, 0.25) is 0 Å². The normalized spacial score (nSPS) is 11.9. The molecule has 0 aliphatic rings. The summed E-state index contributed by atoms with van der Waals surface area (Å²) in [6.07, 6.45) is 1.92. The first kappa shape index (κ1) is 13.4. The van der Waals surface area contributed by atoms with E-state index in [9.17, 15) is 0 Å². The second-order valence-corrected chi connectivity index (χ2v) is 4.91. The third-order valence-corrected chi connectivity index (χ3v) is 3.65. The van der Waals surface area contributed by atoms with E-state index in [0.29, 0.717) is 0 Å². The van der Waals surface area contributed by atoms with Crippen LogP contribution >= 0.6 is 0 Å². The van der Waals surface area contributed by atoms with Gasteiger partial charge in [0.05, 0.1) is 0 Å². The lowest BCUT2D eigenvalue weighted by Crippen LogP contribution is -1.90. The summed E-state index contributed by atoms with van der Waals surface area (Å²) < 4.78 is 0. The Kier molecular flexibility index (Phi) is 4.01. The summed E-state index contributed by atoms with van der Waals surface area (Å²) >= 11 is 0. The van der Waals surface area contributed by atoms with E-state index in [1.807, 2.05) is 12.1 Å². The van der Waals surface area contributed by atoms with Crippen LogP contribution in [0.3, 0.4) is 0 Å². The maximum absolute atomic E-state index is 3.86. The van der Waals surface area contributed by atoms with E-state index in [1.165, 1.54) is 33.4 Å². The van der Waals surface area contributed by atoms with Crippen LogP contribution in [0.15, 0.2) is 66.8 Å². The van der Waals surface area contributed by atoms with Crippen LogP contribution in [0.4, 0.5) is 0 Å². The maximum Gasteiger partial charge on any atom is -0.0178 e. The van der Waals surface area contributed by atoms with Gasteiger partial charge >= 0.3 is 0 Å². The second-order valence-electron chi connectivity index (χ2n) is 4.91. The van der Waals surface area contributed by atoms with Crippen LogP contribution in [0.2, 0.25) is 0 Å². The van der Waals surface area contributed by atoms with Crippen molar-refractivity contribution in [1.82, 2.24) is 0 Å². The standard InChI is InChI=1S/C19H20/c1-5-14(2)16(4)19-13-18(12-11-15(19)3)17-9-7-6-8-10-17/h5-13H,1H2,2-4H3/b16-14+. The molecule has 0 bridgehead atoms. The fourth-order valence-electron chi connectivity index (χ4n) is 2.20. The first-order chi connectivity index (χ1) is 9.13. The topological polar surface area (TPSA) is 0 Å². The molecule has 0 atom stereocenters. The monoisotopic (exact) mass is 248 g/mol. The van der Waals surface area contributed by atoms with Crippen LogP contribution in [-0.2, 0) is 0 Å². The van der Waals surface area contributed by atoms with Gasteiger partial charge in [-0.1, -0.05) is 55.1 Å². The summed E-state index contributed by atoms with van der Waals surface area (Å²) in [4.78, 5) is 0. The fourth-order valence-corrected chi connectivity index (χ4v) is 2.20. The van der Waals surface area contributed by atoms with E-state index in [2.05, 4.69) is 69.8 Å². The van der Waals surface area contributed by atoms with Gasteiger partial charge in [-0.3, -0.25) is 0 Å². The predicted molar refractivity (Wildman–Crippen MR) is 85.1 cm³/mol. The van der Waals surface area contributed by atoms with E-state index in [0.717, 1.165) is 0 Å². The van der Waals surface area contributed by atoms with E-state index in [-0.39, 0.29) is 0 Å². The Morgan fingerprint density at radius 2 is 1.63 bits per heavy atom. The van der Waals surface area contributed by atoms with Gasteiger partial charge in [-0.05, 0) is 60.2 Å². The first-order valence-corrected chi connectivity index (χ1v) is 6.60. The van der Waals surface area contributed by atoms with Crippen molar-refractivity contribution in [2.75, 3.05) is 0 Å². The van der Waals surface area contributed by atoms with Crippen molar-refractivity contribution in [3.05, 3.63) is 77.9 Å². The highest BCUT2D eigenvalue weighted by Gasteiger charge is 2.05. The van der Waals surface area contributed by atoms with Gasteiger partial charge in [-0.25, -0.2) is 0 Å². The Balaban J connectivity index is 2.56. The van der Waals surface area contributed by atoms with Crippen molar-refractivity contribution in [3.63, 3.8) is 0 Å². The molecular formula is C19H20. The molecule has 0 saturated heterocycles. The number of hydrogen-bond donors (Lipinski definition) is 0. The quantitative estimate of drug-likeness (QED) is 0.616. The van der Waals surface area contributed by atoms with Gasteiger partial charge in [-0.15, -0.1) is 0 Å². The number of rotatable bonds is 3. The molecule has 0 nitrogen and oxygen atoms in total. The molecule has 0 spiro atoms. The van der Waals surface area contributed by atoms with Crippen molar-refractivity contribution in [3.8, 4) is 11.1 Å². The molecule has 19 heavy (non-hydrogen) atoms. The Labute approximate surface area is 116 Å². The molecule has 2 aromatic carbocycles. The Hall–Kier alpha value is -2.08. The number of hydrogen-bond acceptors (Lipinski definition) is 0. The van der Waals surface area contributed by atoms with Crippen LogP contribution in [0, 0.1) is 6.92 Å². The summed E-state index contributed by atoms with van der Waals surface area (Å²) in [5.41, 5.74) is 7.65. The lowest BCUT2D eigenvalue weighted by Gasteiger charge is -2.11. The van der Waals surface area contributed by atoms with Crippen molar-refractivity contribution in [2.24, 2.45) is 0 Å². The van der Waals surface area contributed by atoms with Crippen molar-refractivity contribution < 1.29 is 0 Å². The van der Waals surface area contributed by atoms with Crippen molar-refractivity contribution >= 4 is 5.57 Å². The van der Waals surface area contributed by atoms with Crippen LogP contribution in [0.5, 0.6) is 0 Å².